The number of esters is 1. The van der Waals surface area contributed by atoms with Gasteiger partial charge in [0.05, 0.1) is 20.6 Å². The lowest BCUT2D eigenvalue weighted by atomic mass is 9.89. The number of carbonyl (C=O) groups excluding carboxylic acids is 1. The molecule has 0 aromatic heterocycles. The number of unbranched alkanes of at least 4 members (excludes halogenated alkanes) is 9. The summed E-state index contributed by atoms with van der Waals surface area (Å²) < 4.78 is 6.64. The van der Waals surface area contributed by atoms with E-state index in [1.165, 1.54) is 90.0 Å². The average molecular weight is 355 g/mol. The Kier molecular flexibility index (Phi) is 11.4. The zero-order valence-electron chi connectivity index (χ0n) is 17.5. The van der Waals surface area contributed by atoms with Crippen molar-refractivity contribution in [2.24, 2.45) is 0 Å². The van der Waals surface area contributed by atoms with Crippen molar-refractivity contribution in [3.05, 3.63) is 0 Å². The van der Waals surface area contributed by atoms with Gasteiger partial charge in [-0.05, 0) is 32.1 Å². The Labute approximate surface area is 157 Å². The monoisotopic (exact) mass is 354 g/mol. The minimum Gasteiger partial charge on any atom is -0.456 e. The van der Waals surface area contributed by atoms with Crippen molar-refractivity contribution in [2.75, 3.05) is 20.6 Å². The number of likely N-dealkylation sites (N-methyl/N-ethyl adjacent to an activating group) is 1. The van der Waals surface area contributed by atoms with Crippen LogP contribution in [0.2, 0.25) is 0 Å². The first kappa shape index (κ1) is 22.5. The van der Waals surface area contributed by atoms with E-state index >= 15 is 0 Å². The number of hydrogen-bond donors (Lipinski definition) is 0. The van der Waals surface area contributed by atoms with Crippen molar-refractivity contribution in [2.45, 2.75) is 116 Å². The van der Waals surface area contributed by atoms with Crippen LogP contribution in [0.4, 0.5) is 0 Å². The number of quaternary nitrogens is 1. The highest BCUT2D eigenvalue weighted by Gasteiger charge is 2.38. The summed E-state index contributed by atoms with van der Waals surface area (Å²) in [7, 11) is 4.67. The molecule has 0 amide bonds. The topological polar surface area (TPSA) is 26.3 Å². The summed E-state index contributed by atoms with van der Waals surface area (Å²) >= 11 is 0. The second kappa shape index (κ2) is 12.7. The molecular weight excluding hydrogens is 310 g/mol. The van der Waals surface area contributed by atoms with Crippen molar-refractivity contribution in [3.8, 4) is 0 Å². The number of hydrogen-bond acceptors (Lipinski definition) is 2. The number of rotatable bonds is 13. The summed E-state index contributed by atoms with van der Waals surface area (Å²) in [4.78, 5) is 11.4. The van der Waals surface area contributed by atoms with E-state index < -0.39 is 0 Å². The Hall–Kier alpha value is -0.570. The smallest absolute Gasteiger partial charge is 0.303 e. The molecule has 3 heteroatoms. The SMILES string of the molecule is CCCCCCCCCCCC[N+](C)(C)C1CCCCC1OC(C)=O. The third kappa shape index (κ3) is 9.63. The molecule has 1 saturated carbocycles. The first-order chi connectivity index (χ1) is 12.0. The first-order valence-electron chi connectivity index (χ1n) is 11.0. The Morgan fingerprint density at radius 3 is 1.96 bits per heavy atom. The highest BCUT2D eigenvalue weighted by Crippen LogP contribution is 2.29. The van der Waals surface area contributed by atoms with Gasteiger partial charge in [0.15, 0.2) is 6.10 Å². The Morgan fingerprint density at radius 1 is 0.880 bits per heavy atom. The third-order valence-corrected chi connectivity index (χ3v) is 5.97. The third-order valence-electron chi connectivity index (χ3n) is 5.97. The van der Waals surface area contributed by atoms with Crippen LogP contribution in [0.5, 0.6) is 0 Å². The second-order valence-electron chi connectivity index (χ2n) is 8.68. The van der Waals surface area contributed by atoms with Gasteiger partial charge < -0.3 is 9.22 Å². The van der Waals surface area contributed by atoms with E-state index in [2.05, 4.69) is 21.0 Å². The van der Waals surface area contributed by atoms with Gasteiger partial charge in [0.2, 0.25) is 0 Å². The molecule has 0 saturated heterocycles. The Morgan fingerprint density at radius 2 is 1.40 bits per heavy atom. The molecule has 3 nitrogen and oxygen atoms in total. The quantitative estimate of drug-likeness (QED) is 0.235. The van der Waals surface area contributed by atoms with Gasteiger partial charge in [-0.3, -0.25) is 4.79 Å². The van der Waals surface area contributed by atoms with Crippen molar-refractivity contribution in [3.63, 3.8) is 0 Å². The molecule has 1 rings (SSSR count). The first-order valence-corrected chi connectivity index (χ1v) is 11.0. The zero-order valence-corrected chi connectivity index (χ0v) is 17.5. The largest absolute Gasteiger partial charge is 0.456 e. The summed E-state index contributed by atoms with van der Waals surface area (Å²) in [5.74, 6) is -0.115. The lowest BCUT2D eigenvalue weighted by Gasteiger charge is -2.43. The summed E-state index contributed by atoms with van der Waals surface area (Å²) in [6.07, 6.45) is 18.7. The molecule has 2 unspecified atom stereocenters. The predicted octanol–water partition coefficient (Wildman–Crippen LogP) is 5.86. The van der Waals surface area contributed by atoms with Gasteiger partial charge in [-0.15, -0.1) is 0 Å². The van der Waals surface area contributed by atoms with Crippen LogP contribution in [0.1, 0.15) is 104 Å². The van der Waals surface area contributed by atoms with Crippen LogP contribution in [0, 0.1) is 0 Å². The molecule has 0 radical (unpaired) electrons. The van der Waals surface area contributed by atoms with Gasteiger partial charge >= 0.3 is 5.97 Å². The Bertz CT molecular complexity index is 354. The molecule has 25 heavy (non-hydrogen) atoms. The van der Waals surface area contributed by atoms with E-state index in [0.717, 1.165) is 10.9 Å². The molecule has 0 aromatic carbocycles. The zero-order chi connectivity index (χ0) is 18.5. The van der Waals surface area contributed by atoms with Crippen LogP contribution < -0.4 is 0 Å². The van der Waals surface area contributed by atoms with Gasteiger partial charge in [0.1, 0.15) is 6.04 Å². The van der Waals surface area contributed by atoms with Crippen LogP contribution in [-0.4, -0.2) is 43.2 Å². The maximum Gasteiger partial charge on any atom is 0.303 e. The fraction of sp³-hybridized carbons (Fsp3) is 0.955. The van der Waals surface area contributed by atoms with Crippen LogP contribution >= 0.6 is 0 Å². The van der Waals surface area contributed by atoms with Crippen molar-refractivity contribution < 1.29 is 14.0 Å². The highest BCUT2D eigenvalue weighted by atomic mass is 16.5. The minimum absolute atomic E-state index is 0.115. The van der Waals surface area contributed by atoms with Crippen LogP contribution in [0.25, 0.3) is 0 Å². The van der Waals surface area contributed by atoms with Gasteiger partial charge in [0, 0.05) is 13.3 Å². The molecule has 0 aromatic rings. The van der Waals surface area contributed by atoms with Crippen LogP contribution in [0.15, 0.2) is 0 Å². The molecule has 1 fully saturated rings. The molecule has 0 heterocycles. The molecule has 1 aliphatic rings. The number of carbonyl (C=O) groups is 1. The molecule has 148 valence electrons. The summed E-state index contributed by atoms with van der Waals surface area (Å²) in [6, 6.07) is 0.483. The highest BCUT2D eigenvalue weighted by molar-refractivity contribution is 5.66. The van der Waals surface area contributed by atoms with E-state index in [1.807, 2.05) is 0 Å². The molecule has 2 atom stereocenters. The maximum absolute atomic E-state index is 11.4. The van der Waals surface area contributed by atoms with E-state index in [-0.39, 0.29) is 12.1 Å². The molecule has 1 aliphatic carbocycles. The van der Waals surface area contributed by atoms with Crippen LogP contribution in [-0.2, 0) is 9.53 Å². The molecule has 0 aliphatic heterocycles. The number of ether oxygens (including phenoxy) is 1. The number of nitrogens with zero attached hydrogens (tertiary/aromatic N) is 1. The fourth-order valence-corrected chi connectivity index (χ4v) is 4.40. The van der Waals surface area contributed by atoms with Crippen LogP contribution in [0.3, 0.4) is 0 Å². The normalized spacial score (nSPS) is 21.3. The summed E-state index contributed by atoms with van der Waals surface area (Å²) in [5.41, 5.74) is 0. The lowest BCUT2D eigenvalue weighted by molar-refractivity contribution is -0.919. The van der Waals surface area contributed by atoms with E-state index in [4.69, 9.17) is 4.74 Å². The summed E-state index contributed by atoms with van der Waals surface area (Å²) in [5, 5.41) is 0. The van der Waals surface area contributed by atoms with Crippen molar-refractivity contribution in [1.82, 2.24) is 0 Å². The standard InChI is InChI=1S/C22H44NO2/c1-5-6-7-8-9-10-11-12-13-16-19-23(3,4)21-17-14-15-18-22(21)25-20(2)24/h21-22H,5-19H2,1-4H3/q+1. The van der Waals surface area contributed by atoms with Gasteiger partial charge in [-0.25, -0.2) is 0 Å². The molecular formula is C22H44NO2+. The second-order valence-corrected chi connectivity index (χ2v) is 8.68. The van der Waals surface area contributed by atoms with Gasteiger partial charge in [0.25, 0.3) is 0 Å². The van der Waals surface area contributed by atoms with E-state index in [1.54, 1.807) is 6.92 Å². The summed E-state index contributed by atoms with van der Waals surface area (Å²) in [6.45, 7) is 5.04. The predicted molar refractivity (Wildman–Crippen MR) is 107 cm³/mol. The van der Waals surface area contributed by atoms with Crippen molar-refractivity contribution in [1.29, 1.82) is 0 Å². The van der Waals surface area contributed by atoms with E-state index in [0.29, 0.717) is 6.04 Å². The minimum atomic E-state index is -0.115. The molecule has 0 bridgehead atoms. The Balaban J connectivity index is 2.18. The van der Waals surface area contributed by atoms with E-state index in [9.17, 15) is 4.79 Å². The molecule has 0 spiro atoms. The average Bonchev–Trinajstić information content (AvgIpc) is 2.56. The molecule has 0 N–H and O–H groups in total. The van der Waals surface area contributed by atoms with Crippen molar-refractivity contribution >= 4 is 5.97 Å². The van der Waals surface area contributed by atoms with Gasteiger partial charge in [-0.2, -0.15) is 0 Å². The van der Waals surface area contributed by atoms with Gasteiger partial charge in [-0.1, -0.05) is 58.3 Å². The maximum atomic E-state index is 11.4. The fourth-order valence-electron chi connectivity index (χ4n) is 4.40. The lowest BCUT2D eigenvalue weighted by Crippen LogP contribution is -2.56.